The number of nitrogens with two attached hydrogens (primary N) is 1. The third kappa shape index (κ3) is 3.91. The van der Waals surface area contributed by atoms with Gasteiger partial charge in [0.05, 0.1) is 6.20 Å². The summed E-state index contributed by atoms with van der Waals surface area (Å²) in [4.78, 5) is 19.2. The van der Waals surface area contributed by atoms with E-state index in [0.717, 1.165) is 30.6 Å². The molecule has 1 aromatic heterocycles. The highest BCUT2D eigenvalue weighted by atomic mass is 32.1. The first-order valence-corrected chi connectivity index (χ1v) is 11.0. The summed E-state index contributed by atoms with van der Waals surface area (Å²) in [5.74, 6) is 1.57. The van der Waals surface area contributed by atoms with Crippen LogP contribution in [-0.4, -0.2) is 34.9 Å². The van der Waals surface area contributed by atoms with E-state index in [9.17, 15) is 4.79 Å². The van der Waals surface area contributed by atoms with Crippen LogP contribution in [0.15, 0.2) is 54.7 Å². The zero-order chi connectivity index (χ0) is 20.5. The van der Waals surface area contributed by atoms with Crippen LogP contribution < -0.4 is 15.2 Å². The Kier molecular flexibility index (Phi) is 5.14. The smallest absolute Gasteiger partial charge is 0.279 e. The molecule has 7 heteroatoms. The fourth-order valence-corrected chi connectivity index (χ4v) is 4.72. The average Bonchev–Trinajstić information content (AvgIpc) is 3.43. The molecule has 1 fully saturated rings. The van der Waals surface area contributed by atoms with Crippen LogP contribution >= 0.6 is 11.3 Å². The van der Waals surface area contributed by atoms with Crippen LogP contribution in [0.2, 0.25) is 0 Å². The number of benzene rings is 2. The fraction of sp³-hybridized carbons (Fsp3) is 0.304. The normalized spacial score (nSPS) is 20.5. The number of carbonyl (C=O) groups is 1. The number of rotatable bonds is 4. The zero-order valence-electron chi connectivity index (χ0n) is 16.5. The van der Waals surface area contributed by atoms with Gasteiger partial charge in [-0.3, -0.25) is 4.79 Å². The van der Waals surface area contributed by atoms with E-state index in [1.807, 2.05) is 36.4 Å². The molecule has 6 nitrogen and oxygen atoms in total. The Morgan fingerprint density at radius 3 is 2.87 bits per heavy atom. The molecule has 0 saturated carbocycles. The summed E-state index contributed by atoms with van der Waals surface area (Å²) < 4.78 is 12.1. The lowest BCUT2D eigenvalue weighted by molar-refractivity contribution is 0.0795. The van der Waals surface area contributed by atoms with Crippen LogP contribution in [0, 0.1) is 0 Å². The predicted octanol–water partition coefficient (Wildman–Crippen LogP) is 4.17. The van der Waals surface area contributed by atoms with Gasteiger partial charge in [0.2, 0.25) is 0 Å². The maximum atomic E-state index is 12.6. The summed E-state index contributed by atoms with van der Waals surface area (Å²) >= 11 is 1.26. The van der Waals surface area contributed by atoms with Gasteiger partial charge in [0.15, 0.2) is 0 Å². The molecule has 3 heterocycles. The van der Waals surface area contributed by atoms with Crippen molar-refractivity contribution in [3.8, 4) is 16.7 Å². The fourth-order valence-electron chi connectivity index (χ4n) is 3.96. The topological polar surface area (TPSA) is 77.7 Å². The van der Waals surface area contributed by atoms with Gasteiger partial charge >= 0.3 is 0 Å². The number of aromatic nitrogens is 1. The molecule has 0 aliphatic carbocycles. The average molecular weight is 422 g/mol. The minimum atomic E-state index is -0.0268. The molecule has 2 atom stereocenters. The Balaban J connectivity index is 1.26. The largest absolute Gasteiger partial charge is 0.485 e. The number of ether oxygens (including phenoxy) is 2. The molecule has 0 spiro atoms. The van der Waals surface area contributed by atoms with E-state index in [1.165, 1.54) is 16.9 Å². The number of carbonyl (C=O) groups excluding carboxylic acids is 1. The molecule has 2 aliphatic heterocycles. The van der Waals surface area contributed by atoms with Crippen molar-refractivity contribution in [3.63, 3.8) is 0 Å². The Labute approximate surface area is 179 Å². The Bertz CT molecular complexity index is 1050. The van der Waals surface area contributed by atoms with E-state index in [2.05, 4.69) is 17.1 Å². The van der Waals surface area contributed by atoms with Gasteiger partial charge in [-0.25, -0.2) is 4.98 Å². The summed E-state index contributed by atoms with van der Waals surface area (Å²) in [6.45, 7) is 1.30. The lowest BCUT2D eigenvalue weighted by Gasteiger charge is -2.26. The molecule has 0 radical (unpaired) electrons. The van der Waals surface area contributed by atoms with Crippen molar-refractivity contribution >= 4 is 17.2 Å². The number of hydrogen-bond donors (Lipinski definition) is 1. The van der Waals surface area contributed by atoms with E-state index >= 15 is 0 Å². The van der Waals surface area contributed by atoms with E-state index in [0.29, 0.717) is 28.9 Å². The van der Waals surface area contributed by atoms with Gasteiger partial charge in [0.1, 0.15) is 22.5 Å². The maximum absolute atomic E-state index is 12.6. The summed E-state index contributed by atoms with van der Waals surface area (Å²) in [6, 6.07) is 16.2. The second kappa shape index (κ2) is 8.08. The second-order valence-electron chi connectivity index (χ2n) is 7.72. The number of fused-ring (bicyclic) bond motifs is 1. The van der Waals surface area contributed by atoms with E-state index < -0.39 is 0 Å². The van der Waals surface area contributed by atoms with Crippen molar-refractivity contribution in [1.29, 1.82) is 0 Å². The first kappa shape index (κ1) is 19.1. The minimum absolute atomic E-state index is 0.0268. The highest BCUT2D eigenvalue weighted by molar-refractivity contribution is 7.15. The van der Waals surface area contributed by atoms with Gasteiger partial charge in [-0.15, -0.1) is 0 Å². The predicted molar refractivity (Wildman–Crippen MR) is 115 cm³/mol. The molecule has 3 aromatic rings. The summed E-state index contributed by atoms with van der Waals surface area (Å²) in [6.07, 6.45) is 4.35. The lowest BCUT2D eigenvalue weighted by Crippen LogP contribution is -2.31. The van der Waals surface area contributed by atoms with Crippen LogP contribution in [0.5, 0.6) is 16.7 Å². The summed E-state index contributed by atoms with van der Waals surface area (Å²) in [5, 5.41) is 0.459. The minimum Gasteiger partial charge on any atom is -0.485 e. The highest BCUT2D eigenvalue weighted by Crippen LogP contribution is 2.38. The zero-order valence-corrected chi connectivity index (χ0v) is 17.3. The van der Waals surface area contributed by atoms with Crippen molar-refractivity contribution in [3.05, 3.63) is 70.7 Å². The molecular weight excluding hydrogens is 398 g/mol. The van der Waals surface area contributed by atoms with Gasteiger partial charge in [0.25, 0.3) is 11.1 Å². The first-order valence-electron chi connectivity index (χ1n) is 10.2. The number of hydrogen-bond acceptors (Lipinski definition) is 6. The first-order chi connectivity index (χ1) is 14.7. The number of amides is 1. The maximum Gasteiger partial charge on any atom is 0.279 e. The molecule has 30 heavy (non-hydrogen) atoms. The van der Waals surface area contributed by atoms with Gasteiger partial charge in [-0.1, -0.05) is 41.7 Å². The molecule has 1 saturated heterocycles. The Hall–Kier alpha value is -2.90. The number of thiazole rings is 1. The van der Waals surface area contributed by atoms with Gasteiger partial charge in [0, 0.05) is 19.1 Å². The highest BCUT2D eigenvalue weighted by Gasteiger charge is 2.26. The quantitative estimate of drug-likeness (QED) is 0.684. The summed E-state index contributed by atoms with van der Waals surface area (Å²) in [5.41, 5.74) is 8.23. The number of nitrogens with zero attached hydrogens (tertiary/aromatic N) is 2. The third-order valence-electron chi connectivity index (χ3n) is 5.56. The molecular formula is C23H23N3O3S. The standard InChI is InChI=1S/C23H23N3O3S/c24-17-10-11-26(14-17)22(27)21-13-25-23(30-21)28-18-7-9-20-16(12-18)6-8-19(29-20)15-4-2-1-3-5-15/h1-5,7,9,12-13,17,19H,6,8,10-11,14,24H2/t17?,19-/m0/s1. The lowest BCUT2D eigenvalue weighted by atomic mass is 9.97. The molecule has 2 aliphatic rings. The molecule has 2 N–H and O–H groups in total. The van der Waals surface area contributed by atoms with Crippen LogP contribution in [0.1, 0.15) is 39.7 Å². The van der Waals surface area contributed by atoms with Crippen molar-refractivity contribution < 1.29 is 14.3 Å². The molecule has 0 bridgehead atoms. The number of aryl methyl sites for hydroxylation is 1. The Morgan fingerprint density at radius 2 is 2.07 bits per heavy atom. The van der Waals surface area contributed by atoms with Crippen LogP contribution in [-0.2, 0) is 6.42 Å². The molecule has 5 rings (SSSR count). The van der Waals surface area contributed by atoms with E-state index in [4.69, 9.17) is 15.2 Å². The third-order valence-corrected chi connectivity index (χ3v) is 6.42. The molecule has 1 unspecified atom stereocenters. The van der Waals surface area contributed by atoms with E-state index in [-0.39, 0.29) is 18.1 Å². The van der Waals surface area contributed by atoms with Gasteiger partial charge in [-0.05, 0) is 48.6 Å². The van der Waals surface area contributed by atoms with E-state index in [1.54, 1.807) is 11.1 Å². The van der Waals surface area contributed by atoms with Gasteiger partial charge < -0.3 is 20.1 Å². The van der Waals surface area contributed by atoms with Crippen LogP contribution in [0.25, 0.3) is 0 Å². The monoisotopic (exact) mass is 421 g/mol. The molecule has 2 aromatic carbocycles. The van der Waals surface area contributed by atoms with Crippen molar-refractivity contribution in [1.82, 2.24) is 9.88 Å². The molecule has 154 valence electrons. The Morgan fingerprint density at radius 1 is 1.20 bits per heavy atom. The van der Waals surface area contributed by atoms with Crippen molar-refractivity contribution in [2.45, 2.75) is 31.4 Å². The molecule has 1 amide bonds. The van der Waals surface area contributed by atoms with Crippen LogP contribution in [0.4, 0.5) is 0 Å². The SMILES string of the molecule is NC1CCN(C(=O)c2cnc(Oc3ccc4c(c3)CC[C@@H](c3ccccc3)O4)s2)C1. The summed E-state index contributed by atoms with van der Waals surface area (Å²) in [7, 11) is 0. The number of likely N-dealkylation sites (tertiary alicyclic amines) is 1. The van der Waals surface area contributed by atoms with Crippen molar-refractivity contribution in [2.24, 2.45) is 5.73 Å². The van der Waals surface area contributed by atoms with Crippen molar-refractivity contribution in [2.75, 3.05) is 13.1 Å². The van der Waals surface area contributed by atoms with Gasteiger partial charge in [-0.2, -0.15) is 0 Å². The van der Waals surface area contributed by atoms with Crippen LogP contribution in [0.3, 0.4) is 0 Å². The second-order valence-corrected chi connectivity index (χ2v) is 8.71.